The maximum absolute atomic E-state index is 13.5. The maximum atomic E-state index is 13.5. The fraction of sp³-hybridized carbons (Fsp3) is 0.120. The van der Waals surface area contributed by atoms with Crippen molar-refractivity contribution in [1.29, 1.82) is 0 Å². The zero-order valence-electron chi connectivity index (χ0n) is 18.6. The van der Waals surface area contributed by atoms with E-state index in [-0.39, 0.29) is 17.7 Å². The summed E-state index contributed by atoms with van der Waals surface area (Å²) in [5.74, 6) is -0.816. The summed E-state index contributed by atoms with van der Waals surface area (Å²) in [6.45, 7) is -0.0641. The number of hydrogen-bond donors (Lipinski definition) is 1. The van der Waals surface area contributed by atoms with Crippen LogP contribution in [0.1, 0.15) is 11.3 Å². The van der Waals surface area contributed by atoms with Gasteiger partial charge in [0.1, 0.15) is 5.82 Å². The molecule has 5 aromatic rings. The van der Waals surface area contributed by atoms with Crippen molar-refractivity contribution in [2.75, 3.05) is 0 Å². The van der Waals surface area contributed by atoms with Crippen LogP contribution in [0.25, 0.3) is 32.8 Å². The Labute approximate surface area is 200 Å². The van der Waals surface area contributed by atoms with Crippen LogP contribution in [0, 0.1) is 5.82 Å². The highest BCUT2D eigenvalue weighted by Gasteiger charge is 2.14. The van der Waals surface area contributed by atoms with Gasteiger partial charge in [0.2, 0.25) is 10.0 Å². The highest BCUT2D eigenvalue weighted by Crippen LogP contribution is 2.22. The van der Waals surface area contributed by atoms with E-state index in [0.29, 0.717) is 32.9 Å². The van der Waals surface area contributed by atoms with Crippen LogP contribution in [-0.2, 0) is 29.4 Å². The number of nitrogens with one attached hydrogen (secondary N) is 1. The Kier molecular flexibility index (Phi) is 5.83. The van der Waals surface area contributed by atoms with Gasteiger partial charge in [0.15, 0.2) is 5.43 Å². The van der Waals surface area contributed by atoms with Gasteiger partial charge in [-0.3, -0.25) is 19.4 Å². The molecule has 3 heterocycles. The number of aromatic nitrogens is 4. The van der Waals surface area contributed by atoms with Crippen LogP contribution in [0.3, 0.4) is 0 Å². The summed E-state index contributed by atoms with van der Waals surface area (Å²) in [6.07, 6.45) is 6.27. The molecule has 0 aliphatic carbocycles. The van der Waals surface area contributed by atoms with Gasteiger partial charge >= 0.3 is 0 Å². The summed E-state index contributed by atoms with van der Waals surface area (Å²) < 4.78 is 42.4. The monoisotopic (exact) mass is 489 g/mol. The Balaban J connectivity index is 1.49. The van der Waals surface area contributed by atoms with E-state index in [1.54, 1.807) is 53.5 Å². The molecule has 8 nitrogen and oxygen atoms in total. The minimum absolute atomic E-state index is 0.0641. The molecule has 0 spiro atoms. The second-order valence-electron chi connectivity index (χ2n) is 8.19. The summed E-state index contributed by atoms with van der Waals surface area (Å²) in [5, 5.41) is 5.68. The van der Waals surface area contributed by atoms with E-state index in [4.69, 9.17) is 0 Å². The largest absolute Gasteiger partial charge is 0.289 e. The van der Waals surface area contributed by atoms with Crippen LogP contribution in [-0.4, -0.2) is 28.2 Å². The molecular weight excluding hydrogens is 469 g/mol. The zero-order chi connectivity index (χ0) is 24.6. The molecular formula is C25H20FN5O3S. The Hall–Kier alpha value is -4.02. The Morgan fingerprint density at radius 2 is 1.77 bits per heavy atom. The summed E-state index contributed by atoms with van der Waals surface area (Å²) in [6, 6.07) is 13.0. The first-order chi connectivity index (χ1) is 16.8. The summed E-state index contributed by atoms with van der Waals surface area (Å²) in [5.41, 5.74) is 2.77. The third-order valence-corrected chi connectivity index (χ3v) is 6.90. The van der Waals surface area contributed by atoms with Gasteiger partial charge in [-0.2, -0.15) is 5.10 Å². The van der Waals surface area contributed by atoms with Crippen molar-refractivity contribution in [2.24, 2.45) is 7.05 Å². The lowest BCUT2D eigenvalue weighted by molar-refractivity contribution is 0.579. The zero-order valence-corrected chi connectivity index (χ0v) is 19.5. The SMILES string of the molecule is Cn1cc(-c2cnc3ccc4ccc(CS(=O)(=O)NCc5ccc(F)cn5)cc4c(=O)c3c2)cn1. The summed E-state index contributed by atoms with van der Waals surface area (Å²) in [7, 11) is -1.92. The molecule has 176 valence electrons. The van der Waals surface area contributed by atoms with Crippen LogP contribution < -0.4 is 10.2 Å². The number of sulfonamides is 1. The fourth-order valence-electron chi connectivity index (χ4n) is 3.83. The number of nitrogens with zero attached hydrogens (tertiary/aromatic N) is 4. The predicted molar refractivity (Wildman–Crippen MR) is 131 cm³/mol. The quantitative estimate of drug-likeness (QED) is 0.392. The number of hydrogen-bond acceptors (Lipinski definition) is 6. The van der Waals surface area contributed by atoms with Crippen LogP contribution in [0.2, 0.25) is 0 Å². The van der Waals surface area contributed by atoms with E-state index in [1.807, 2.05) is 13.2 Å². The lowest BCUT2D eigenvalue weighted by Gasteiger charge is -2.07. The van der Waals surface area contributed by atoms with E-state index >= 15 is 0 Å². The average Bonchev–Trinajstić information content (AvgIpc) is 3.23. The van der Waals surface area contributed by atoms with Crippen molar-refractivity contribution in [3.8, 4) is 11.1 Å². The molecule has 0 fully saturated rings. The number of aryl methyl sites for hydroxylation is 1. The van der Waals surface area contributed by atoms with Crippen LogP contribution in [0.4, 0.5) is 4.39 Å². The minimum atomic E-state index is -3.73. The molecule has 0 bridgehead atoms. The lowest BCUT2D eigenvalue weighted by atomic mass is 10.1. The smallest absolute Gasteiger partial charge is 0.216 e. The molecule has 0 saturated heterocycles. The molecule has 2 aromatic carbocycles. The number of fused-ring (bicyclic) bond motifs is 2. The maximum Gasteiger partial charge on any atom is 0.216 e. The third kappa shape index (κ3) is 4.93. The van der Waals surface area contributed by atoms with Crippen molar-refractivity contribution < 1.29 is 12.8 Å². The second kappa shape index (κ2) is 8.97. The van der Waals surface area contributed by atoms with Gasteiger partial charge in [-0.1, -0.05) is 18.2 Å². The second-order valence-corrected chi connectivity index (χ2v) is 10.00. The van der Waals surface area contributed by atoms with Crippen molar-refractivity contribution >= 4 is 31.7 Å². The molecule has 0 atom stereocenters. The van der Waals surface area contributed by atoms with E-state index in [9.17, 15) is 17.6 Å². The van der Waals surface area contributed by atoms with Gasteiger partial charge in [-0.05, 0) is 41.3 Å². The molecule has 0 radical (unpaired) electrons. The summed E-state index contributed by atoms with van der Waals surface area (Å²) >= 11 is 0. The van der Waals surface area contributed by atoms with Crippen molar-refractivity contribution in [3.05, 3.63) is 101 Å². The van der Waals surface area contributed by atoms with Crippen LogP contribution >= 0.6 is 0 Å². The first kappa shape index (κ1) is 22.8. The Morgan fingerprint density at radius 1 is 0.943 bits per heavy atom. The first-order valence-corrected chi connectivity index (χ1v) is 12.4. The topological polar surface area (TPSA) is 107 Å². The molecule has 35 heavy (non-hydrogen) atoms. The fourth-order valence-corrected chi connectivity index (χ4v) is 4.92. The van der Waals surface area contributed by atoms with Crippen LogP contribution in [0.15, 0.2) is 78.1 Å². The highest BCUT2D eigenvalue weighted by atomic mass is 32.2. The van der Waals surface area contributed by atoms with Crippen molar-refractivity contribution in [3.63, 3.8) is 0 Å². The van der Waals surface area contributed by atoms with Gasteiger partial charge in [0, 0.05) is 41.3 Å². The molecule has 10 heteroatoms. The highest BCUT2D eigenvalue weighted by molar-refractivity contribution is 7.88. The minimum Gasteiger partial charge on any atom is -0.289 e. The summed E-state index contributed by atoms with van der Waals surface area (Å²) in [4.78, 5) is 21.8. The predicted octanol–water partition coefficient (Wildman–Crippen LogP) is 3.30. The standard InChI is InChI=1S/C25H20FN5O3S/c1-31-14-19(11-29-31)18-9-23-24(28-10-18)7-4-17-3-2-16(8-22(17)25(23)32)15-35(33,34)30-13-21-6-5-20(26)12-27-21/h2-12,14,30H,13,15H2,1H3. The van der Waals surface area contributed by atoms with Gasteiger partial charge in [0.25, 0.3) is 0 Å². The molecule has 0 unspecified atom stereocenters. The van der Waals surface area contributed by atoms with E-state index in [1.165, 1.54) is 12.1 Å². The van der Waals surface area contributed by atoms with Crippen LogP contribution in [0.5, 0.6) is 0 Å². The van der Waals surface area contributed by atoms with Gasteiger partial charge < -0.3 is 0 Å². The van der Waals surface area contributed by atoms with Gasteiger partial charge in [-0.25, -0.2) is 17.5 Å². The van der Waals surface area contributed by atoms with E-state index in [0.717, 1.165) is 17.3 Å². The Bertz CT molecular complexity index is 1730. The number of pyridine rings is 2. The average molecular weight is 490 g/mol. The molecule has 0 amide bonds. The number of rotatable bonds is 6. The molecule has 1 N–H and O–H groups in total. The third-order valence-electron chi connectivity index (χ3n) is 5.60. The van der Waals surface area contributed by atoms with Crippen molar-refractivity contribution in [1.82, 2.24) is 24.5 Å². The lowest BCUT2D eigenvalue weighted by Crippen LogP contribution is -2.25. The molecule has 0 aliphatic rings. The van der Waals surface area contributed by atoms with E-state index < -0.39 is 15.8 Å². The number of halogens is 1. The molecule has 0 aliphatic heterocycles. The van der Waals surface area contributed by atoms with E-state index in [2.05, 4.69) is 19.8 Å². The van der Waals surface area contributed by atoms with Gasteiger partial charge in [0.05, 0.1) is 35.9 Å². The molecule has 3 aromatic heterocycles. The first-order valence-electron chi connectivity index (χ1n) is 10.7. The van der Waals surface area contributed by atoms with Crippen molar-refractivity contribution in [2.45, 2.75) is 12.3 Å². The molecule has 0 saturated carbocycles. The Morgan fingerprint density at radius 3 is 2.51 bits per heavy atom. The van der Waals surface area contributed by atoms with Gasteiger partial charge in [-0.15, -0.1) is 0 Å². The molecule has 5 rings (SSSR count). The number of benzene rings is 1. The normalized spacial score (nSPS) is 11.8.